The zero-order valence-corrected chi connectivity index (χ0v) is 14.3. The standard InChI is InChI=1S/C16H14N4OS2/c1-10-4-3-6-20-8-11(17-13(10)20)9-23-16-18-14-12(5-7-22-14)15(21)19(16)2/h3-8H,9H2,1-2H3. The maximum atomic E-state index is 12.3. The van der Waals surface area contributed by atoms with Crippen LogP contribution in [0.2, 0.25) is 0 Å². The largest absolute Gasteiger partial charge is 0.307 e. The van der Waals surface area contributed by atoms with Crippen LogP contribution in [0.4, 0.5) is 0 Å². The minimum absolute atomic E-state index is 0.00426. The Balaban J connectivity index is 1.66. The van der Waals surface area contributed by atoms with Crippen LogP contribution in [0.3, 0.4) is 0 Å². The van der Waals surface area contributed by atoms with Gasteiger partial charge in [-0.05, 0) is 30.0 Å². The number of rotatable bonds is 3. The zero-order chi connectivity index (χ0) is 16.0. The number of imidazole rings is 1. The summed E-state index contributed by atoms with van der Waals surface area (Å²) in [6, 6.07) is 5.89. The summed E-state index contributed by atoms with van der Waals surface area (Å²) in [5, 5.41) is 3.31. The van der Waals surface area contributed by atoms with Gasteiger partial charge in [-0.3, -0.25) is 9.36 Å². The highest BCUT2D eigenvalue weighted by molar-refractivity contribution is 7.98. The summed E-state index contributed by atoms with van der Waals surface area (Å²) < 4.78 is 3.64. The number of fused-ring (bicyclic) bond motifs is 2. The molecule has 0 spiro atoms. The minimum Gasteiger partial charge on any atom is -0.307 e. The van der Waals surface area contributed by atoms with Crippen LogP contribution in [0.5, 0.6) is 0 Å². The summed E-state index contributed by atoms with van der Waals surface area (Å²) in [5.74, 6) is 0.679. The normalized spacial score (nSPS) is 11.6. The fourth-order valence-electron chi connectivity index (χ4n) is 2.52. The lowest BCUT2D eigenvalue weighted by Gasteiger charge is -2.05. The van der Waals surface area contributed by atoms with Crippen LogP contribution < -0.4 is 5.56 Å². The van der Waals surface area contributed by atoms with E-state index in [2.05, 4.69) is 23.0 Å². The molecule has 23 heavy (non-hydrogen) atoms. The predicted molar refractivity (Wildman–Crippen MR) is 94.4 cm³/mol. The molecular weight excluding hydrogens is 328 g/mol. The first-order valence-electron chi connectivity index (χ1n) is 7.14. The molecule has 0 radical (unpaired) electrons. The first-order valence-corrected chi connectivity index (χ1v) is 9.00. The van der Waals surface area contributed by atoms with Gasteiger partial charge in [0.15, 0.2) is 5.16 Å². The quantitative estimate of drug-likeness (QED) is 0.424. The first-order chi connectivity index (χ1) is 11.1. The zero-order valence-electron chi connectivity index (χ0n) is 12.7. The van der Waals surface area contributed by atoms with Gasteiger partial charge in [0.25, 0.3) is 5.56 Å². The van der Waals surface area contributed by atoms with Crippen molar-refractivity contribution in [3.05, 3.63) is 57.6 Å². The van der Waals surface area contributed by atoms with E-state index in [0.29, 0.717) is 11.1 Å². The number of pyridine rings is 1. The molecule has 0 unspecified atom stereocenters. The lowest BCUT2D eigenvalue weighted by atomic mass is 10.3. The number of aryl methyl sites for hydroxylation is 1. The Kier molecular flexibility index (Phi) is 3.46. The van der Waals surface area contributed by atoms with E-state index in [9.17, 15) is 4.79 Å². The first kappa shape index (κ1) is 14.5. The Hall–Kier alpha value is -2.12. The number of thiophene rings is 1. The Labute approximate surface area is 140 Å². The monoisotopic (exact) mass is 342 g/mol. The molecule has 4 rings (SSSR count). The predicted octanol–water partition coefficient (Wildman–Crippen LogP) is 3.24. The molecule has 0 bridgehead atoms. The molecule has 5 nitrogen and oxygen atoms in total. The highest BCUT2D eigenvalue weighted by atomic mass is 32.2. The Morgan fingerprint density at radius 3 is 3.00 bits per heavy atom. The third-order valence-electron chi connectivity index (χ3n) is 3.74. The van der Waals surface area contributed by atoms with E-state index in [0.717, 1.165) is 26.9 Å². The lowest BCUT2D eigenvalue weighted by Crippen LogP contribution is -2.19. The number of hydrogen-bond acceptors (Lipinski definition) is 5. The summed E-state index contributed by atoms with van der Waals surface area (Å²) in [7, 11) is 1.77. The maximum absolute atomic E-state index is 12.3. The van der Waals surface area contributed by atoms with Crippen LogP contribution in [0, 0.1) is 6.92 Å². The van der Waals surface area contributed by atoms with E-state index >= 15 is 0 Å². The molecule has 4 aromatic heterocycles. The van der Waals surface area contributed by atoms with Gasteiger partial charge in [0, 0.05) is 25.2 Å². The molecular formula is C16H14N4OS2. The highest BCUT2D eigenvalue weighted by Crippen LogP contribution is 2.23. The van der Waals surface area contributed by atoms with E-state index in [4.69, 9.17) is 0 Å². The molecule has 0 aliphatic carbocycles. The van der Waals surface area contributed by atoms with Crippen molar-refractivity contribution in [1.82, 2.24) is 18.9 Å². The molecule has 116 valence electrons. The van der Waals surface area contributed by atoms with Crippen molar-refractivity contribution in [2.45, 2.75) is 17.8 Å². The van der Waals surface area contributed by atoms with Crippen molar-refractivity contribution in [3.63, 3.8) is 0 Å². The second kappa shape index (κ2) is 5.50. The summed E-state index contributed by atoms with van der Waals surface area (Å²) in [5.41, 5.74) is 3.10. The van der Waals surface area contributed by atoms with Crippen LogP contribution in [-0.4, -0.2) is 18.9 Å². The molecule has 0 atom stereocenters. The van der Waals surface area contributed by atoms with Crippen molar-refractivity contribution in [2.75, 3.05) is 0 Å². The number of hydrogen-bond donors (Lipinski definition) is 0. The van der Waals surface area contributed by atoms with E-state index in [1.54, 1.807) is 11.6 Å². The third-order valence-corrected chi connectivity index (χ3v) is 5.61. The van der Waals surface area contributed by atoms with Gasteiger partial charge in [-0.1, -0.05) is 17.8 Å². The highest BCUT2D eigenvalue weighted by Gasteiger charge is 2.11. The van der Waals surface area contributed by atoms with E-state index in [1.165, 1.54) is 23.1 Å². The van der Waals surface area contributed by atoms with E-state index < -0.39 is 0 Å². The van der Waals surface area contributed by atoms with Crippen molar-refractivity contribution >= 4 is 39.0 Å². The van der Waals surface area contributed by atoms with Gasteiger partial charge in [0.05, 0.1) is 11.1 Å². The summed E-state index contributed by atoms with van der Waals surface area (Å²) >= 11 is 3.03. The maximum Gasteiger partial charge on any atom is 0.262 e. The van der Waals surface area contributed by atoms with Crippen molar-refractivity contribution < 1.29 is 0 Å². The number of aromatic nitrogens is 4. The summed E-state index contributed by atoms with van der Waals surface area (Å²) in [6.07, 6.45) is 4.02. The lowest BCUT2D eigenvalue weighted by molar-refractivity contribution is 0.728. The van der Waals surface area contributed by atoms with Crippen LogP contribution in [0.1, 0.15) is 11.3 Å². The fourth-order valence-corrected chi connectivity index (χ4v) is 4.18. The SMILES string of the molecule is Cc1cccn2cc(CSc3nc4sccc4c(=O)n3C)nc12. The van der Waals surface area contributed by atoms with Gasteiger partial charge >= 0.3 is 0 Å². The van der Waals surface area contributed by atoms with Crippen LogP contribution in [0.25, 0.3) is 15.9 Å². The van der Waals surface area contributed by atoms with Gasteiger partial charge in [-0.25, -0.2) is 9.97 Å². The van der Waals surface area contributed by atoms with Gasteiger partial charge in [0.1, 0.15) is 10.5 Å². The third kappa shape index (κ3) is 2.46. The number of thioether (sulfide) groups is 1. The summed E-state index contributed by atoms with van der Waals surface area (Å²) in [6.45, 7) is 2.05. The second-order valence-electron chi connectivity index (χ2n) is 5.34. The van der Waals surface area contributed by atoms with Crippen LogP contribution in [0.15, 0.2) is 45.9 Å². The Bertz CT molecular complexity index is 1080. The Morgan fingerprint density at radius 2 is 2.17 bits per heavy atom. The average molecular weight is 342 g/mol. The smallest absolute Gasteiger partial charge is 0.262 e. The molecule has 7 heteroatoms. The Morgan fingerprint density at radius 1 is 1.30 bits per heavy atom. The number of nitrogens with zero attached hydrogens (tertiary/aromatic N) is 4. The second-order valence-corrected chi connectivity index (χ2v) is 7.18. The minimum atomic E-state index is 0.00426. The molecule has 4 aromatic rings. The average Bonchev–Trinajstić information content (AvgIpc) is 3.16. The fraction of sp³-hybridized carbons (Fsp3) is 0.188. The van der Waals surface area contributed by atoms with Gasteiger partial charge in [-0.2, -0.15) is 0 Å². The van der Waals surface area contributed by atoms with E-state index in [1.807, 2.05) is 34.3 Å². The molecule has 0 N–H and O–H groups in total. The van der Waals surface area contributed by atoms with Crippen LogP contribution >= 0.6 is 23.1 Å². The molecule has 4 heterocycles. The summed E-state index contributed by atoms with van der Waals surface area (Å²) in [4.78, 5) is 22.3. The van der Waals surface area contributed by atoms with Crippen molar-refractivity contribution in [2.24, 2.45) is 7.05 Å². The topological polar surface area (TPSA) is 52.2 Å². The van der Waals surface area contributed by atoms with Gasteiger partial charge < -0.3 is 4.40 Å². The van der Waals surface area contributed by atoms with Gasteiger partial charge in [0.2, 0.25) is 0 Å². The van der Waals surface area contributed by atoms with Crippen molar-refractivity contribution in [1.29, 1.82) is 0 Å². The van der Waals surface area contributed by atoms with Crippen LogP contribution in [-0.2, 0) is 12.8 Å². The molecule has 0 aromatic carbocycles. The van der Waals surface area contributed by atoms with Gasteiger partial charge in [-0.15, -0.1) is 11.3 Å². The van der Waals surface area contributed by atoms with Crippen molar-refractivity contribution in [3.8, 4) is 0 Å². The molecule has 0 fully saturated rings. The molecule has 0 aliphatic heterocycles. The molecule has 0 saturated heterocycles. The van der Waals surface area contributed by atoms with E-state index in [-0.39, 0.29) is 5.56 Å². The molecule has 0 amide bonds. The molecule has 0 saturated carbocycles. The molecule has 0 aliphatic rings.